The van der Waals surface area contributed by atoms with Gasteiger partial charge in [0.05, 0.1) is 23.4 Å². The molecule has 0 bridgehead atoms. The number of ketones is 2. The number of methoxy groups -OCH3 is 1. The molecule has 4 N–H and O–H groups in total. The first-order valence-electron chi connectivity index (χ1n) is 10.3. The van der Waals surface area contributed by atoms with Crippen molar-refractivity contribution in [3.8, 4) is 0 Å². The maximum atomic E-state index is 13.2. The molecule has 3 heterocycles. The summed E-state index contributed by atoms with van der Waals surface area (Å²) in [6.07, 6.45) is -1.02. The number of benzene rings is 1. The van der Waals surface area contributed by atoms with Crippen LogP contribution in [-0.4, -0.2) is 70.8 Å². The lowest BCUT2D eigenvalue weighted by Gasteiger charge is -2.40. The number of piperazine rings is 1. The van der Waals surface area contributed by atoms with Crippen molar-refractivity contribution in [2.75, 3.05) is 20.3 Å². The number of hydrogen-bond donors (Lipinski definition) is 2. The number of hydrogen-bond acceptors (Lipinski definition) is 9. The summed E-state index contributed by atoms with van der Waals surface area (Å²) in [4.78, 5) is 55.0. The molecule has 2 saturated heterocycles. The van der Waals surface area contributed by atoms with E-state index < -0.39 is 29.6 Å². The first kappa shape index (κ1) is 21.5. The SMILES string of the molecule is CO[C@@]12[C@H](COC(N)=O)C3=C(C(=O)C(C)=C(N)C3=O)N1C[C@H]1[C@H]2N1C(=O)Sc1ccccc1. The van der Waals surface area contributed by atoms with Crippen LogP contribution >= 0.6 is 11.8 Å². The van der Waals surface area contributed by atoms with E-state index in [0.29, 0.717) is 6.54 Å². The van der Waals surface area contributed by atoms with Crippen molar-refractivity contribution >= 4 is 34.7 Å². The average molecular weight is 471 g/mol. The molecule has 2 amide bonds. The van der Waals surface area contributed by atoms with E-state index >= 15 is 0 Å². The molecule has 0 aromatic heterocycles. The fraction of sp³-hybridized carbons (Fsp3) is 0.364. The molecule has 11 heteroatoms. The monoisotopic (exact) mass is 470 g/mol. The van der Waals surface area contributed by atoms with Gasteiger partial charge in [-0.2, -0.15) is 0 Å². The van der Waals surface area contributed by atoms with E-state index in [9.17, 15) is 19.2 Å². The van der Waals surface area contributed by atoms with Crippen molar-refractivity contribution in [1.29, 1.82) is 0 Å². The first-order chi connectivity index (χ1) is 15.7. The summed E-state index contributed by atoms with van der Waals surface area (Å²) in [6, 6.07) is 8.58. The van der Waals surface area contributed by atoms with Crippen LogP contribution in [0.15, 0.2) is 57.8 Å². The summed E-state index contributed by atoms with van der Waals surface area (Å²) in [5.41, 5.74) is 10.2. The van der Waals surface area contributed by atoms with Gasteiger partial charge in [-0.25, -0.2) is 4.79 Å². The summed E-state index contributed by atoms with van der Waals surface area (Å²) in [5.74, 6) is -1.72. The van der Waals surface area contributed by atoms with Crippen molar-refractivity contribution in [2.24, 2.45) is 17.4 Å². The number of carbonyl (C=O) groups excluding carboxylic acids is 4. The fourth-order valence-corrected chi connectivity index (χ4v) is 6.22. The Morgan fingerprint density at radius 1 is 1.21 bits per heavy atom. The largest absolute Gasteiger partial charge is 0.449 e. The summed E-state index contributed by atoms with van der Waals surface area (Å²) in [7, 11) is 1.45. The Labute approximate surface area is 193 Å². The predicted molar refractivity (Wildman–Crippen MR) is 117 cm³/mol. The van der Waals surface area contributed by atoms with Crippen LogP contribution in [0.25, 0.3) is 0 Å². The Balaban J connectivity index is 1.51. The van der Waals surface area contributed by atoms with Crippen LogP contribution in [0.2, 0.25) is 0 Å². The average Bonchev–Trinajstić information content (AvgIpc) is 3.31. The van der Waals surface area contributed by atoms with Gasteiger partial charge >= 0.3 is 6.09 Å². The number of allylic oxidation sites excluding steroid dienone is 2. The topological polar surface area (TPSA) is 145 Å². The zero-order chi connectivity index (χ0) is 23.7. The number of rotatable bonds is 4. The minimum Gasteiger partial charge on any atom is -0.449 e. The Morgan fingerprint density at radius 2 is 1.91 bits per heavy atom. The van der Waals surface area contributed by atoms with Gasteiger partial charge in [0.2, 0.25) is 11.6 Å². The van der Waals surface area contributed by atoms with Gasteiger partial charge in [0.15, 0.2) is 5.72 Å². The van der Waals surface area contributed by atoms with Crippen LogP contribution < -0.4 is 11.5 Å². The number of amides is 2. The molecule has 0 unspecified atom stereocenters. The van der Waals surface area contributed by atoms with E-state index in [2.05, 4.69) is 0 Å². The van der Waals surface area contributed by atoms with E-state index in [0.717, 1.165) is 16.7 Å². The molecule has 5 rings (SSSR count). The highest BCUT2D eigenvalue weighted by molar-refractivity contribution is 8.13. The third kappa shape index (κ3) is 2.85. The molecule has 10 nitrogen and oxygen atoms in total. The van der Waals surface area contributed by atoms with Gasteiger partial charge in [0.1, 0.15) is 12.6 Å². The van der Waals surface area contributed by atoms with E-state index in [4.69, 9.17) is 20.9 Å². The van der Waals surface area contributed by atoms with Gasteiger partial charge in [-0.15, -0.1) is 0 Å². The number of primary amides is 1. The molecule has 0 radical (unpaired) electrons. The van der Waals surface area contributed by atoms with E-state index in [1.54, 1.807) is 9.80 Å². The van der Waals surface area contributed by atoms with Gasteiger partial charge in [-0.3, -0.25) is 14.4 Å². The number of thioether (sulfide) groups is 1. The molecule has 0 spiro atoms. The summed E-state index contributed by atoms with van der Waals surface area (Å²) in [6.45, 7) is 1.52. The molecule has 2 fully saturated rings. The standard InChI is InChI=1S/C22H22N4O6S/c1-10-15(23)18(28)14-12(9-32-20(24)29)22(31-2)19-13(8-25(22)16(14)17(10)27)26(19)21(30)33-11-6-4-3-5-7-11/h3-7,12-13,19H,8-9,23H2,1-2H3,(H2,24,29)/t12-,13+,19-,22-,26?/m1/s1. The second-order valence-corrected chi connectivity index (χ2v) is 9.33. The fourth-order valence-electron chi connectivity index (χ4n) is 5.37. The van der Waals surface area contributed by atoms with Gasteiger partial charge in [0.25, 0.3) is 5.24 Å². The van der Waals surface area contributed by atoms with E-state index in [1.165, 1.54) is 14.0 Å². The number of ether oxygens (including phenoxy) is 2. The van der Waals surface area contributed by atoms with Gasteiger partial charge in [-0.05, 0) is 30.8 Å². The molecule has 1 aromatic carbocycles. The van der Waals surface area contributed by atoms with Crippen LogP contribution in [0.1, 0.15) is 6.92 Å². The Hall–Kier alpha value is -3.31. The molecule has 0 saturated carbocycles. The van der Waals surface area contributed by atoms with Gasteiger partial charge in [0, 0.05) is 29.7 Å². The minimum atomic E-state index is -1.26. The lowest BCUT2D eigenvalue weighted by Crippen LogP contribution is -2.56. The van der Waals surface area contributed by atoms with Gasteiger partial charge in [-0.1, -0.05) is 18.2 Å². The van der Waals surface area contributed by atoms with Gasteiger partial charge < -0.3 is 30.7 Å². The Bertz CT molecular complexity index is 1160. The molecule has 1 aromatic rings. The van der Waals surface area contributed by atoms with Crippen molar-refractivity contribution in [3.05, 3.63) is 52.9 Å². The molecular weight excluding hydrogens is 448 g/mol. The summed E-state index contributed by atoms with van der Waals surface area (Å²) >= 11 is 1.09. The lowest BCUT2D eigenvalue weighted by molar-refractivity contribution is -0.142. The molecule has 3 aliphatic heterocycles. The van der Waals surface area contributed by atoms with Crippen LogP contribution in [0, 0.1) is 5.92 Å². The predicted octanol–water partition coefficient (Wildman–Crippen LogP) is 0.974. The zero-order valence-corrected chi connectivity index (χ0v) is 18.8. The summed E-state index contributed by atoms with van der Waals surface area (Å²) in [5, 5.41) is -0.168. The minimum absolute atomic E-state index is 0.139. The van der Waals surface area contributed by atoms with Crippen molar-refractivity contribution in [3.63, 3.8) is 0 Å². The zero-order valence-electron chi connectivity index (χ0n) is 17.9. The second-order valence-electron chi connectivity index (χ2n) is 8.31. The van der Waals surface area contributed by atoms with Crippen molar-refractivity contribution in [1.82, 2.24) is 9.80 Å². The van der Waals surface area contributed by atoms with Crippen LogP contribution in [-0.2, 0) is 19.1 Å². The van der Waals surface area contributed by atoms with Crippen molar-refractivity contribution in [2.45, 2.75) is 29.6 Å². The number of fused-ring (bicyclic) bond motifs is 4. The second kappa shape index (κ2) is 7.35. The molecule has 1 aliphatic carbocycles. The Morgan fingerprint density at radius 3 is 2.55 bits per heavy atom. The molecular formula is C22H22N4O6S. The molecule has 4 atom stereocenters. The highest BCUT2D eigenvalue weighted by Crippen LogP contribution is 2.60. The maximum Gasteiger partial charge on any atom is 0.404 e. The number of Topliss-reactive ketones (excluding diaryl/α,β-unsaturated/α-hetero) is 2. The lowest BCUT2D eigenvalue weighted by atomic mass is 9.82. The third-order valence-corrected chi connectivity index (χ3v) is 7.74. The smallest absolute Gasteiger partial charge is 0.404 e. The maximum absolute atomic E-state index is 13.2. The first-order valence-corrected chi connectivity index (χ1v) is 11.2. The van der Waals surface area contributed by atoms with Crippen molar-refractivity contribution < 1.29 is 28.7 Å². The van der Waals surface area contributed by atoms with Crippen LogP contribution in [0.3, 0.4) is 0 Å². The highest BCUT2D eigenvalue weighted by atomic mass is 32.2. The van der Waals surface area contributed by atoms with Crippen LogP contribution in [0.4, 0.5) is 9.59 Å². The van der Waals surface area contributed by atoms with Crippen LogP contribution in [0.5, 0.6) is 0 Å². The van der Waals surface area contributed by atoms with E-state index in [1.807, 2.05) is 30.3 Å². The summed E-state index contributed by atoms with van der Waals surface area (Å²) < 4.78 is 11.1. The molecule has 4 aliphatic rings. The van der Waals surface area contributed by atoms with E-state index in [-0.39, 0.29) is 46.2 Å². The molecule has 33 heavy (non-hydrogen) atoms. The Kier molecular flexibility index (Phi) is 4.80. The molecule has 172 valence electrons. The number of nitrogens with two attached hydrogens (primary N) is 2. The third-order valence-electron chi connectivity index (χ3n) is 6.85. The number of carbonyl (C=O) groups is 4. The normalized spacial score (nSPS) is 29.8. The highest BCUT2D eigenvalue weighted by Gasteiger charge is 2.77. The quantitative estimate of drug-likeness (QED) is 0.373. The number of nitrogens with zero attached hydrogens (tertiary/aromatic N) is 2.